The van der Waals surface area contributed by atoms with E-state index in [1.807, 2.05) is 0 Å². The summed E-state index contributed by atoms with van der Waals surface area (Å²) in [4.78, 5) is 22.7. The molecule has 20 atom stereocenters. The van der Waals surface area contributed by atoms with E-state index in [1.54, 1.807) is 12.2 Å². The van der Waals surface area contributed by atoms with E-state index in [0.29, 0.717) is 74.0 Å². The van der Waals surface area contributed by atoms with Crippen molar-refractivity contribution in [1.29, 1.82) is 0 Å². The fourth-order valence-corrected chi connectivity index (χ4v) is 16.8. The fraction of sp³-hybridized carbons (Fsp3) is 0.878. The van der Waals surface area contributed by atoms with E-state index in [9.17, 15) is 38.8 Å². The molecule has 59 heavy (non-hydrogen) atoms. The standard InChI is InChI=1S/C25H39FO4.C24H37FO4/c1-14(5-8-22(29)30-4)16-6-7-17-23-18(9-10-24(16,17)2)25(3)13-19(26)20(27)11-15(25)12-21(23)28;1-13(4-7-21(28)29)15-5-6-16-22-17(8-9-23(15,16)2)24(3)12-18(25)19(26)10-14(24)11-20(22)27/h13-18,20-21,23,27-28H,5-12H2,1-4H3;12-17,19-20,22,26-27H,4-11H2,1-3H3,(H,28,29)/t14-,15+,16-,17?,18?,20+,21-,23?,24-,25+;13-,14+,15-,16?,17?,19+,20-,22?,23-,24+/m11/s1. The number of rotatable bonds is 8. The highest BCUT2D eigenvalue weighted by molar-refractivity contribution is 5.69. The van der Waals surface area contributed by atoms with Crippen LogP contribution in [0.1, 0.15) is 144 Å². The highest BCUT2D eigenvalue weighted by atomic mass is 19.1. The van der Waals surface area contributed by atoms with Crippen molar-refractivity contribution in [3.63, 3.8) is 0 Å². The molecule has 8 nitrogen and oxygen atoms in total. The first kappa shape index (κ1) is 45.2. The maximum atomic E-state index is 14.5. The number of carboxylic acid groups (broad SMARTS) is 1. The van der Waals surface area contributed by atoms with Crippen molar-refractivity contribution in [2.75, 3.05) is 7.11 Å². The SMILES string of the molecule is COC(=O)CC[C@@H](C)[C@H]1CCC2C3C(CC[C@@]21C)[C@@]1(C)C=C(F)[C@@H](O)C[C@H]1C[C@H]3O.C[C@H](CCC(=O)O)[C@H]1CCC2C3C(CC[C@@]21C)[C@@]1(C)C=C(F)[C@@H](O)C[C@H]1C[C@H]3O. The van der Waals surface area contributed by atoms with Gasteiger partial charge >= 0.3 is 11.9 Å². The molecule has 8 rings (SSSR count). The second-order valence-electron chi connectivity index (χ2n) is 22.3. The summed E-state index contributed by atoms with van der Waals surface area (Å²) in [6.45, 7) is 13.6. The van der Waals surface area contributed by atoms with Gasteiger partial charge in [-0.3, -0.25) is 9.59 Å². The molecule has 0 heterocycles. The van der Waals surface area contributed by atoms with Gasteiger partial charge in [-0.25, -0.2) is 8.78 Å². The molecule has 0 bridgehead atoms. The zero-order valence-electron chi connectivity index (χ0n) is 36.9. The van der Waals surface area contributed by atoms with Crippen molar-refractivity contribution >= 4 is 11.9 Å². The van der Waals surface area contributed by atoms with Crippen LogP contribution in [0, 0.1) is 92.7 Å². The first-order chi connectivity index (χ1) is 27.7. The third-order valence-electron chi connectivity index (χ3n) is 19.9. The quantitative estimate of drug-likeness (QED) is 0.152. The zero-order valence-corrected chi connectivity index (χ0v) is 36.9. The van der Waals surface area contributed by atoms with Crippen LogP contribution in [0.15, 0.2) is 23.8 Å². The normalized spacial score (nSPS) is 49.4. The van der Waals surface area contributed by atoms with Crippen LogP contribution in [0.3, 0.4) is 0 Å². The molecule has 8 aliphatic rings. The third-order valence-corrected chi connectivity index (χ3v) is 19.9. The number of aliphatic hydroxyl groups excluding tert-OH is 4. The molecule has 0 amide bonds. The molecule has 5 N–H and O–H groups in total. The van der Waals surface area contributed by atoms with Gasteiger partial charge in [-0.15, -0.1) is 0 Å². The number of fused-ring (bicyclic) bond motifs is 10. The second-order valence-corrected chi connectivity index (χ2v) is 22.3. The summed E-state index contributed by atoms with van der Waals surface area (Å²) in [5, 5.41) is 51.6. The maximum absolute atomic E-state index is 14.5. The number of hydrogen-bond donors (Lipinski definition) is 5. The number of esters is 1. The molecule has 0 saturated heterocycles. The van der Waals surface area contributed by atoms with Crippen molar-refractivity contribution in [2.24, 2.45) is 92.7 Å². The highest BCUT2D eigenvalue weighted by Gasteiger charge is 2.64. The van der Waals surface area contributed by atoms with E-state index in [0.717, 1.165) is 57.8 Å². The number of ether oxygens (including phenoxy) is 1. The summed E-state index contributed by atoms with van der Waals surface area (Å²) in [5.41, 5.74) is -0.276. The fourth-order valence-electron chi connectivity index (χ4n) is 16.8. The van der Waals surface area contributed by atoms with Gasteiger partial charge in [-0.1, -0.05) is 41.5 Å². The molecular weight excluding hydrogens is 755 g/mol. The average molecular weight is 831 g/mol. The molecule has 0 aromatic rings. The Morgan fingerprint density at radius 3 is 1.46 bits per heavy atom. The molecule has 0 spiro atoms. The van der Waals surface area contributed by atoms with Crippen molar-refractivity contribution in [2.45, 2.75) is 169 Å². The number of aliphatic hydroxyl groups is 4. The van der Waals surface area contributed by atoms with Gasteiger partial charge in [0.2, 0.25) is 0 Å². The summed E-state index contributed by atoms with van der Waals surface area (Å²) in [6.07, 6.45) is 13.6. The van der Waals surface area contributed by atoms with E-state index >= 15 is 0 Å². The van der Waals surface area contributed by atoms with Gasteiger partial charge in [0.05, 0.1) is 19.3 Å². The van der Waals surface area contributed by atoms with E-state index in [1.165, 1.54) is 7.11 Å². The van der Waals surface area contributed by atoms with Crippen molar-refractivity contribution in [3.05, 3.63) is 23.8 Å². The Kier molecular flexibility index (Phi) is 12.8. The Balaban J connectivity index is 0.000000179. The van der Waals surface area contributed by atoms with Crippen molar-refractivity contribution in [1.82, 2.24) is 0 Å². The predicted molar refractivity (Wildman–Crippen MR) is 222 cm³/mol. The number of carboxylic acids is 1. The highest BCUT2D eigenvalue weighted by Crippen LogP contribution is 2.70. The average Bonchev–Trinajstić information content (AvgIpc) is 3.72. The maximum Gasteiger partial charge on any atom is 0.305 e. The monoisotopic (exact) mass is 831 g/mol. The van der Waals surface area contributed by atoms with Gasteiger partial charge in [0.25, 0.3) is 0 Å². The van der Waals surface area contributed by atoms with Crippen molar-refractivity contribution in [3.8, 4) is 0 Å². The van der Waals surface area contributed by atoms with Gasteiger partial charge in [0.1, 0.15) is 23.9 Å². The molecule has 6 unspecified atom stereocenters. The molecule has 0 aromatic carbocycles. The minimum atomic E-state index is -1.02. The van der Waals surface area contributed by atoms with E-state index in [4.69, 9.17) is 9.84 Å². The van der Waals surface area contributed by atoms with Crippen LogP contribution in [0.25, 0.3) is 0 Å². The van der Waals surface area contributed by atoms with Gasteiger partial charge in [0.15, 0.2) is 0 Å². The summed E-state index contributed by atoms with van der Waals surface area (Å²) in [6, 6.07) is 0. The third kappa shape index (κ3) is 7.70. The van der Waals surface area contributed by atoms with Crippen LogP contribution in [0.4, 0.5) is 8.78 Å². The van der Waals surface area contributed by atoms with E-state index in [-0.39, 0.29) is 87.3 Å². The Labute approximate surface area is 352 Å². The van der Waals surface area contributed by atoms with Crippen LogP contribution in [-0.4, -0.2) is 69.0 Å². The van der Waals surface area contributed by atoms with Gasteiger partial charge in [-0.05, 0) is 195 Å². The van der Waals surface area contributed by atoms with Crippen LogP contribution >= 0.6 is 0 Å². The number of allylic oxidation sites excluding steroid dienone is 2. The summed E-state index contributed by atoms with van der Waals surface area (Å²) >= 11 is 0. The Morgan fingerprint density at radius 1 is 0.661 bits per heavy atom. The smallest absolute Gasteiger partial charge is 0.305 e. The van der Waals surface area contributed by atoms with Crippen LogP contribution < -0.4 is 0 Å². The van der Waals surface area contributed by atoms with Crippen LogP contribution in [-0.2, 0) is 14.3 Å². The predicted octanol–water partition coefficient (Wildman–Crippen LogP) is 9.19. The Bertz CT molecular complexity index is 1630. The topological polar surface area (TPSA) is 145 Å². The number of aliphatic carboxylic acids is 1. The first-order valence-corrected chi connectivity index (χ1v) is 23.5. The summed E-state index contributed by atoms with van der Waals surface area (Å²) < 4.78 is 33.7. The molecule has 6 fully saturated rings. The lowest BCUT2D eigenvalue weighted by Gasteiger charge is -2.61. The summed E-state index contributed by atoms with van der Waals surface area (Å²) in [5.74, 6) is 2.23. The first-order valence-electron chi connectivity index (χ1n) is 23.5. The molecule has 0 radical (unpaired) electrons. The number of halogens is 2. The lowest BCUT2D eigenvalue weighted by molar-refractivity contribution is -0.149. The lowest BCUT2D eigenvalue weighted by Crippen LogP contribution is -2.58. The van der Waals surface area contributed by atoms with Gasteiger partial charge < -0.3 is 30.3 Å². The number of carbonyl (C=O) groups excluding carboxylic acids is 1. The molecule has 10 heteroatoms. The van der Waals surface area contributed by atoms with Gasteiger partial charge in [0, 0.05) is 12.8 Å². The van der Waals surface area contributed by atoms with Crippen molar-refractivity contribution < 1.29 is 48.6 Å². The molecule has 0 aliphatic heterocycles. The minimum Gasteiger partial charge on any atom is -0.481 e. The lowest BCUT2D eigenvalue weighted by atomic mass is 9.44. The molecule has 334 valence electrons. The number of carbonyl (C=O) groups is 2. The van der Waals surface area contributed by atoms with Crippen LogP contribution in [0.5, 0.6) is 0 Å². The minimum absolute atomic E-state index is 0.125. The zero-order chi connectivity index (χ0) is 43.0. The van der Waals surface area contributed by atoms with Gasteiger partial charge in [-0.2, -0.15) is 0 Å². The number of hydrogen-bond acceptors (Lipinski definition) is 7. The van der Waals surface area contributed by atoms with E-state index < -0.39 is 24.3 Å². The summed E-state index contributed by atoms with van der Waals surface area (Å²) in [7, 11) is 1.45. The largest absolute Gasteiger partial charge is 0.481 e. The second kappa shape index (κ2) is 16.7. The number of methoxy groups -OCH3 is 1. The molecular formula is C49H76F2O8. The molecule has 6 saturated carbocycles. The molecule has 0 aromatic heterocycles. The Morgan fingerprint density at radius 2 is 1.07 bits per heavy atom. The Hall–Kier alpha value is -1.88. The van der Waals surface area contributed by atoms with Crippen LogP contribution in [0.2, 0.25) is 0 Å². The molecule has 8 aliphatic carbocycles. The van der Waals surface area contributed by atoms with E-state index in [2.05, 4.69) is 41.5 Å².